The second-order valence-corrected chi connectivity index (χ2v) is 18.6. The van der Waals surface area contributed by atoms with Gasteiger partial charge in [-0.2, -0.15) is 5.10 Å². The lowest BCUT2D eigenvalue weighted by atomic mass is 10.1. The monoisotopic (exact) mass is 614 g/mol. The molecule has 0 N–H and O–H groups in total. The van der Waals surface area contributed by atoms with Crippen LogP contribution in [-0.2, 0) is 27.5 Å². The van der Waals surface area contributed by atoms with Crippen LogP contribution in [0.5, 0.6) is 11.6 Å². The first-order valence-corrected chi connectivity index (χ1v) is 19.1. The minimum atomic E-state index is -1.13. The second kappa shape index (κ2) is 13.2. The molecular formula is C33H42N6O4Si. The number of aromatic nitrogens is 4. The van der Waals surface area contributed by atoms with Crippen molar-refractivity contribution in [2.75, 3.05) is 33.4 Å². The molecule has 44 heavy (non-hydrogen) atoms. The number of benzene rings is 1. The number of carbonyl (C=O) groups excluding carboxylic acids is 1. The molecule has 0 saturated carbocycles. The highest BCUT2D eigenvalue weighted by Gasteiger charge is 2.41. The second-order valence-electron chi connectivity index (χ2n) is 13.0. The highest BCUT2D eigenvalue weighted by molar-refractivity contribution is 6.76. The molecule has 1 amide bonds. The number of hydrogen-bond donors (Lipinski definition) is 0. The predicted molar refractivity (Wildman–Crippen MR) is 172 cm³/mol. The first-order valence-electron chi connectivity index (χ1n) is 15.4. The van der Waals surface area contributed by atoms with Crippen LogP contribution in [0, 0.1) is 0 Å². The van der Waals surface area contributed by atoms with Gasteiger partial charge in [-0.05, 0) is 55.3 Å². The van der Waals surface area contributed by atoms with Gasteiger partial charge in [-0.3, -0.25) is 14.7 Å². The average molecular weight is 615 g/mol. The van der Waals surface area contributed by atoms with E-state index in [-0.39, 0.29) is 12.5 Å². The summed E-state index contributed by atoms with van der Waals surface area (Å²) in [6, 6.07) is 17.8. The predicted octanol–water partition coefficient (Wildman–Crippen LogP) is 5.42. The minimum absolute atomic E-state index is 0.0816. The fourth-order valence-corrected chi connectivity index (χ4v) is 6.83. The van der Waals surface area contributed by atoms with Gasteiger partial charge in [-0.25, -0.2) is 9.67 Å². The van der Waals surface area contributed by atoms with Crippen LogP contribution in [0.15, 0.2) is 60.9 Å². The molecule has 10 nitrogen and oxygen atoms in total. The van der Waals surface area contributed by atoms with Crippen LogP contribution in [0.3, 0.4) is 0 Å². The number of fused-ring (bicyclic) bond motifs is 3. The molecule has 11 heteroatoms. The molecule has 0 aliphatic carbocycles. The molecule has 0 spiro atoms. The third-order valence-electron chi connectivity index (χ3n) is 8.50. The molecule has 2 saturated heterocycles. The summed E-state index contributed by atoms with van der Waals surface area (Å²) in [5, 5.41) is 5.44. The van der Waals surface area contributed by atoms with E-state index in [4.69, 9.17) is 19.2 Å². The summed E-state index contributed by atoms with van der Waals surface area (Å²) in [6.07, 6.45) is 5.82. The summed E-state index contributed by atoms with van der Waals surface area (Å²) in [5.41, 5.74) is 3.88. The first-order chi connectivity index (χ1) is 21.3. The van der Waals surface area contributed by atoms with Gasteiger partial charge >= 0.3 is 0 Å². The van der Waals surface area contributed by atoms with Crippen molar-refractivity contribution >= 4 is 24.9 Å². The SMILES string of the molecule is COCC(=O)N1CC2CCC(C1)N2Cc1ccc2cc(Oc3ccc(-c4ccnn4COCC[Si](C)(C)C)cn3)ccc2n1. The largest absolute Gasteiger partial charge is 0.439 e. The van der Waals surface area contributed by atoms with Gasteiger partial charge in [0.25, 0.3) is 0 Å². The highest BCUT2D eigenvalue weighted by Crippen LogP contribution is 2.32. The molecule has 1 aromatic carbocycles. The summed E-state index contributed by atoms with van der Waals surface area (Å²) >= 11 is 0. The van der Waals surface area contributed by atoms with Gasteiger partial charge in [0.2, 0.25) is 11.8 Å². The Bertz CT molecular complexity index is 1570. The molecule has 6 rings (SSSR count). The van der Waals surface area contributed by atoms with E-state index in [9.17, 15) is 4.79 Å². The summed E-state index contributed by atoms with van der Waals surface area (Å²) < 4.78 is 18.9. The van der Waals surface area contributed by atoms with Crippen molar-refractivity contribution in [3.63, 3.8) is 0 Å². The third kappa shape index (κ3) is 7.18. The van der Waals surface area contributed by atoms with Crippen molar-refractivity contribution in [3.8, 4) is 22.9 Å². The van der Waals surface area contributed by atoms with Gasteiger partial charge in [0.1, 0.15) is 19.1 Å². The summed E-state index contributed by atoms with van der Waals surface area (Å²) in [6.45, 7) is 10.7. The molecular weight excluding hydrogens is 572 g/mol. The Morgan fingerprint density at radius 2 is 1.84 bits per heavy atom. The van der Waals surface area contributed by atoms with Gasteiger partial charge in [0.05, 0.1) is 16.9 Å². The standard InChI is InChI=1S/C33H42N6O4Si/c1-41-22-33(40)37-20-27-8-9-28(21-37)38(27)19-26-7-5-24-17-29(10-11-30(24)36-26)43-32-12-6-25(18-34-32)31-13-14-35-39(31)23-42-15-16-44(2,3)4/h5-7,10-14,17-18,27-28H,8-9,15-16,19-23H2,1-4H3. The number of amides is 1. The van der Waals surface area contributed by atoms with E-state index < -0.39 is 8.07 Å². The summed E-state index contributed by atoms with van der Waals surface area (Å²) in [5.74, 6) is 1.31. The molecule has 2 fully saturated rings. The Balaban J connectivity index is 1.06. The molecule has 2 bridgehead atoms. The molecule has 232 valence electrons. The molecule has 2 aliphatic heterocycles. The average Bonchev–Trinajstić information content (AvgIpc) is 3.55. The van der Waals surface area contributed by atoms with Crippen LogP contribution in [0.1, 0.15) is 18.5 Å². The van der Waals surface area contributed by atoms with E-state index in [0.29, 0.717) is 30.4 Å². The normalized spacial score (nSPS) is 18.7. The van der Waals surface area contributed by atoms with Gasteiger partial charge in [0, 0.05) is 82.9 Å². The quantitative estimate of drug-likeness (QED) is 0.154. The smallest absolute Gasteiger partial charge is 0.248 e. The number of pyridine rings is 2. The van der Waals surface area contributed by atoms with Gasteiger partial charge in [-0.1, -0.05) is 25.7 Å². The zero-order valence-electron chi connectivity index (χ0n) is 26.1. The Kier molecular flexibility index (Phi) is 9.08. The van der Waals surface area contributed by atoms with Gasteiger partial charge < -0.3 is 19.1 Å². The molecule has 2 aliphatic rings. The first kappa shape index (κ1) is 30.4. The number of carbonyl (C=O) groups is 1. The Morgan fingerprint density at radius 3 is 2.57 bits per heavy atom. The van der Waals surface area contributed by atoms with E-state index in [1.165, 1.54) is 0 Å². The molecule has 2 unspecified atom stereocenters. The Morgan fingerprint density at radius 1 is 1.02 bits per heavy atom. The maximum Gasteiger partial charge on any atom is 0.248 e. The fourth-order valence-electron chi connectivity index (χ4n) is 6.07. The topological polar surface area (TPSA) is 94.8 Å². The number of rotatable bonds is 12. The number of ether oxygens (including phenoxy) is 3. The molecule has 0 radical (unpaired) electrons. The van der Waals surface area contributed by atoms with Crippen LogP contribution in [0.25, 0.3) is 22.2 Å². The van der Waals surface area contributed by atoms with Crippen molar-refractivity contribution in [2.24, 2.45) is 0 Å². The zero-order valence-corrected chi connectivity index (χ0v) is 27.1. The van der Waals surface area contributed by atoms with Crippen molar-refractivity contribution in [3.05, 3.63) is 66.6 Å². The van der Waals surface area contributed by atoms with Crippen molar-refractivity contribution in [2.45, 2.75) is 63.9 Å². The lowest BCUT2D eigenvalue weighted by Gasteiger charge is -2.40. The van der Waals surface area contributed by atoms with Crippen LogP contribution in [-0.4, -0.2) is 89.0 Å². The third-order valence-corrected chi connectivity index (χ3v) is 10.2. The minimum Gasteiger partial charge on any atom is -0.439 e. The maximum absolute atomic E-state index is 12.4. The molecule has 2 atom stereocenters. The van der Waals surface area contributed by atoms with Crippen LogP contribution in [0.4, 0.5) is 0 Å². The van der Waals surface area contributed by atoms with Crippen LogP contribution < -0.4 is 4.74 Å². The number of likely N-dealkylation sites (tertiary alicyclic amines) is 1. The van der Waals surface area contributed by atoms with Gasteiger partial charge in [0.15, 0.2) is 0 Å². The zero-order chi connectivity index (χ0) is 30.7. The number of nitrogens with zero attached hydrogens (tertiary/aromatic N) is 6. The lowest BCUT2D eigenvalue weighted by Crippen LogP contribution is -2.55. The van der Waals surface area contributed by atoms with E-state index in [1.54, 1.807) is 19.5 Å². The summed E-state index contributed by atoms with van der Waals surface area (Å²) in [4.78, 5) is 26.3. The summed E-state index contributed by atoms with van der Waals surface area (Å²) in [7, 11) is 0.444. The van der Waals surface area contributed by atoms with E-state index in [1.807, 2.05) is 46.0 Å². The Labute approximate surface area is 260 Å². The molecule has 3 aromatic heterocycles. The highest BCUT2D eigenvalue weighted by atomic mass is 28.3. The molecule has 5 heterocycles. The fraction of sp³-hybridized carbons (Fsp3) is 0.455. The maximum atomic E-state index is 12.4. The van der Waals surface area contributed by atoms with Crippen molar-refractivity contribution < 1.29 is 19.0 Å². The van der Waals surface area contributed by atoms with E-state index >= 15 is 0 Å². The number of piperazine rings is 1. The Hall–Kier alpha value is -3.64. The van der Waals surface area contributed by atoms with Crippen LogP contribution in [0.2, 0.25) is 25.7 Å². The van der Waals surface area contributed by atoms with Crippen molar-refractivity contribution in [1.82, 2.24) is 29.5 Å². The lowest BCUT2D eigenvalue weighted by molar-refractivity contribution is -0.138. The van der Waals surface area contributed by atoms with Gasteiger partial charge in [-0.15, -0.1) is 0 Å². The van der Waals surface area contributed by atoms with Crippen molar-refractivity contribution in [1.29, 1.82) is 0 Å². The van der Waals surface area contributed by atoms with Crippen LogP contribution >= 0.6 is 0 Å². The molecule has 4 aromatic rings. The van der Waals surface area contributed by atoms with E-state index in [2.05, 4.69) is 46.8 Å². The number of hydrogen-bond acceptors (Lipinski definition) is 8. The van der Waals surface area contributed by atoms with E-state index in [0.717, 1.165) is 73.0 Å². The number of methoxy groups -OCH3 is 1.